The summed E-state index contributed by atoms with van der Waals surface area (Å²) in [5.74, 6) is 0.261. The summed E-state index contributed by atoms with van der Waals surface area (Å²) < 4.78 is 5.12. The van der Waals surface area contributed by atoms with E-state index in [1.165, 1.54) is 0 Å². The van der Waals surface area contributed by atoms with Crippen molar-refractivity contribution in [2.24, 2.45) is 0 Å². The lowest BCUT2D eigenvalue weighted by atomic mass is 9.86. The van der Waals surface area contributed by atoms with E-state index in [4.69, 9.17) is 4.74 Å². The van der Waals surface area contributed by atoms with Gasteiger partial charge in [0.25, 0.3) is 5.91 Å². The molecule has 1 aromatic rings. The van der Waals surface area contributed by atoms with Gasteiger partial charge in [0, 0.05) is 64.2 Å². The van der Waals surface area contributed by atoms with E-state index in [1.54, 1.807) is 19.5 Å². The van der Waals surface area contributed by atoms with Gasteiger partial charge in [-0.15, -0.1) is 0 Å². The lowest BCUT2D eigenvalue weighted by Gasteiger charge is -2.49. The second-order valence-electron chi connectivity index (χ2n) is 7.10. The van der Waals surface area contributed by atoms with Gasteiger partial charge in [-0.05, 0) is 26.0 Å². The summed E-state index contributed by atoms with van der Waals surface area (Å²) in [6.45, 7) is 4.16. The van der Waals surface area contributed by atoms with Crippen molar-refractivity contribution in [3.05, 3.63) is 24.0 Å². The molecule has 1 spiro atoms. The second kappa shape index (κ2) is 7.58. The number of hydrogen-bond acceptors (Lipinski definition) is 4. The summed E-state index contributed by atoms with van der Waals surface area (Å²) in [5, 5.41) is 0. The van der Waals surface area contributed by atoms with Crippen molar-refractivity contribution >= 4 is 11.8 Å². The van der Waals surface area contributed by atoms with Crippen LogP contribution in [0.25, 0.3) is 0 Å². The van der Waals surface area contributed by atoms with Crippen molar-refractivity contribution in [3.63, 3.8) is 0 Å². The van der Waals surface area contributed by atoms with Crippen LogP contribution >= 0.6 is 0 Å². The number of rotatable bonds is 4. The number of likely N-dealkylation sites (tertiary alicyclic amines) is 1. The third-order valence-corrected chi connectivity index (χ3v) is 5.70. The summed E-state index contributed by atoms with van der Waals surface area (Å²) in [5.41, 5.74) is 0.577. The van der Waals surface area contributed by atoms with Crippen molar-refractivity contribution in [3.8, 4) is 0 Å². The highest BCUT2D eigenvalue weighted by atomic mass is 16.5. The molecule has 3 heterocycles. The minimum absolute atomic E-state index is 0.0699. The molecule has 1 atom stereocenters. The van der Waals surface area contributed by atoms with Gasteiger partial charge >= 0.3 is 0 Å². The second-order valence-corrected chi connectivity index (χ2v) is 7.10. The van der Waals surface area contributed by atoms with Crippen molar-refractivity contribution in [2.75, 3.05) is 53.5 Å². The van der Waals surface area contributed by atoms with Gasteiger partial charge in [-0.2, -0.15) is 0 Å². The fraction of sp³-hybridized carbons (Fsp3) is 0.667. The van der Waals surface area contributed by atoms with Crippen molar-refractivity contribution in [1.82, 2.24) is 19.7 Å². The predicted molar refractivity (Wildman–Crippen MR) is 94.4 cm³/mol. The number of nitrogens with one attached hydrogen (secondary N) is 1. The maximum absolute atomic E-state index is 12.7. The summed E-state index contributed by atoms with van der Waals surface area (Å²) in [6.07, 6.45) is 5.73. The molecule has 2 fully saturated rings. The number of carbonyl (C=O) groups excluding carboxylic acids is 2. The number of aromatic nitrogens is 1. The molecule has 7 heteroatoms. The van der Waals surface area contributed by atoms with Gasteiger partial charge in [-0.25, -0.2) is 0 Å². The number of aromatic amines is 1. The Bertz CT molecular complexity index is 603. The topological polar surface area (TPSA) is 68.9 Å². The zero-order valence-corrected chi connectivity index (χ0v) is 15.2. The molecule has 7 nitrogen and oxygen atoms in total. The Morgan fingerprint density at radius 2 is 2.16 bits per heavy atom. The molecule has 0 saturated carbocycles. The number of ether oxygens (including phenoxy) is 1. The lowest BCUT2D eigenvalue weighted by Crippen LogP contribution is -2.62. The normalized spacial score (nSPS) is 25.4. The van der Waals surface area contributed by atoms with Crippen LogP contribution in [-0.2, 0) is 9.53 Å². The maximum Gasteiger partial charge on any atom is 0.255 e. The molecule has 2 aliphatic rings. The van der Waals surface area contributed by atoms with E-state index in [9.17, 15) is 9.59 Å². The predicted octanol–water partition coefficient (Wildman–Crippen LogP) is 0.800. The van der Waals surface area contributed by atoms with Gasteiger partial charge in [0.15, 0.2) is 0 Å². The van der Waals surface area contributed by atoms with Crippen LogP contribution < -0.4 is 0 Å². The zero-order valence-electron chi connectivity index (χ0n) is 15.2. The average molecular weight is 348 g/mol. The molecule has 0 aromatic carbocycles. The number of likely N-dealkylation sites (N-methyl/N-ethyl adjacent to an activating group) is 1. The number of carbonyl (C=O) groups is 2. The highest BCUT2D eigenvalue weighted by molar-refractivity contribution is 5.94. The Balaban J connectivity index is 1.72. The fourth-order valence-corrected chi connectivity index (χ4v) is 3.94. The van der Waals surface area contributed by atoms with Crippen molar-refractivity contribution < 1.29 is 14.3 Å². The van der Waals surface area contributed by atoms with Gasteiger partial charge in [-0.1, -0.05) is 0 Å². The Morgan fingerprint density at radius 3 is 2.88 bits per heavy atom. The van der Waals surface area contributed by atoms with E-state index >= 15 is 0 Å². The van der Waals surface area contributed by atoms with Crippen LogP contribution in [0.5, 0.6) is 0 Å². The molecule has 2 saturated heterocycles. The zero-order chi connectivity index (χ0) is 17.9. The maximum atomic E-state index is 12.7. The highest BCUT2D eigenvalue weighted by Crippen LogP contribution is 2.32. The van der Waals surface area contributed by atoms with Crippen LogP contribution in [0.1, 0.15) is 29.6 Å². The third kappa shape index (κ3) is 3.72. The third-order valence-electron chi connectivity index (χ3n) is 5.70. The van der Waals surface area contributed by atoms with Gasteiger partial charge in [0.2, 0.25) is 5.91 Å². The molecular weight excluding hydrogens is 320 g/mol. The van der Waals surface area contributed by atoms with Crippen LogP contribution in [-0.4, -0.2) is 90.5 Å². The first-order chi connectivity index (χ1) is 12.1. The number of hydrogen-bond donors (Lipinski definition) is 1. The smallest absolute Gasteiger partial charge is 0.255 e. The molecule has 25 heavy (non-hydrogen) atoms. The average Bonchev–Trinajstić information content (AvgIpc) is 3.10. The van der Waals surface area contributed by atoms with E-state index in [0.717, 1.165) is 32.5 Å². The quantitative estimate of drug-likeness (QED) is 0.874. The molecular formula is C18H28N4O3. The van der Waals surface area contributed by atoms with E-state index in [1.807, 2.05) is 15.9 Å². The fourth-order valence-electron chi connectivity index (χ4n) is 3.94. The molecule has 1 N–H and O–H groups in total. The molecule has 0 aliphatic carbocycles. The Hall–Kier alpha value is -1.86. The van der Waals surface area contributed by atoms with E-state index in [2.05, 4.69) is 16.9 Å². The van der Waals surface area contributed by atoms with Gasteiger partial charge in [0.05, 0.1) is 12.2 Å². The summed E-state index contributed by atoms with van der Waals surface area (Å²) in [4.78, 5) is 34.3. The minimum atomic E-state index is -0.123. The Labute approximate surface area is 148 Å². The standard InChI is InChI=1S/C18H28N4O3/c1-20-9-10-22(17(24)15-4-7-19-13-15)14-18(20)5-3-16(23)21(8-6-18)11-12-25-2/h4,7,13,19H,3,5-6,8-12,14H2,1-2H3. The van der Waals surface area contributed by atoms with Gasteiger partial charge in [0.1, 0.15) is 0 Å². The van der Waals surface area contributed by atoms with E-state index in [-0.39, 0.29) is 17.4 Å². The number of methoxy groups -OCH3 is 1. The van der Waals surface area contributed by atoms with Crippen molar-refractivity contribution in [2.45, 2.75) is 24.8 Å². The molecule has 0 bridgehead atoms. The van der Waals surface area contributed by atoms with Crippen LogP contribution in [0.4, 0.5) is 0 Å². The van der Waals surface area contributed by atoms with E-state index in [0.29, 0.717) is 31.7 Å². The first-order valence-corrected chi connectivity index (χ1v) is 8.96. The monoisotopic (exact) mass is 348 g/mol. The molecule has 138 valence electrons. The molecule has 3 rings (SSSR count). The summed E-state index contributed by atoms with van der Waals surface area (Å²) in [7, 11) is 3.77. The highest BCUT2D eigenvalue weighted by Gasteiger charge is 2.43. The molecule has 1 unspecified atom stereocenters. The number of piperazine rings is 1. The number of H-pyrrole nitrogens is 1. The minimum Gasteiger partial charge on any atom is -0.383 e. The van der Waals surface area contributed by atoms with Crippen molar-refractivity contribution in [1.29, 1.82) is 0 Å². The SMILES string of the molecule is COCCN1CCC2(CCC1=O)CN(C(=O)c1cc[nH]c1)CCN2C. The molecule has 2 aliphatic heterocycles. The first-order valence-electron chi connectivity index (χ1n) is 8.96. The van der Waals surface area contributed by atoms with Crippen LogP contribution in [0.3, 0.4) is 0 Å². The Morgan fingerprint density at radius 1 is 1.32 bits per heavy atom. The van der Waals surface area contributed by atoms with Gasteiger partial charge in [-0.3, -0.25) is 14.5 Å². The lowest BCUT2D eigenvalue weighted by molar-refractivity contribution is -0.131. The molecule has 2 amide bonds. The van der Waals surface area contributed by atoms with Gasteiger partial charge < -0.3 is 19.5 Å². The van der Waals surface area contributed by atoms with E-state index < -0.39 is 0 Å². The summed E-state index contributed by atoms with van der Waals surface area (Å²) >= 11 is 0. The molecule has 1 aromatic heterocycles. The van der Waals surface area contributed by atoms with Crippen LogP contribution in [0.2, 0.25) is 0 Å². The first kappa shape index (κ1) is 17.9. The Kier molecular flexibility index (Phi) is 5.44. The number of amides is 2. The molecule has 0 radical (unpaired) electrons. The van der Waals surface area contributed by atoms with Crippen LogP contribution in [0.15, 0.2) is 18.5 Å². The number of nitrogens with zero attached hydrogens (tertiary/aromatic N) is 3. The summed E-state index contributed by atoms with van der Waals surface area (Å²) in [6, 6.07) is 1.82. The largest absolute Gasteiger partial charge is 0.383 e. The van der Waals surface area contributed by atoms with Crippen LogP contribution in [0, 0.1) is 0 Å².